The summed E-state index contributed by atoms with van der Waals surface area (Å²) in [5, 5.41) is 10.0. The molecule has 3 aromatic rings. The van der Waals surface area contributed by atoms with Crippen molar-refractivity contribution in [1.29, 1.82) is 5.26 Å². The summed E-state index contributed by atoms with van der Waals surface area (Å²) in [6, 6.07) is 14.9. The first-order valence-electron chi connectivity index (χ1n) is 6.67. The summed E-state index contributed by atoms with van der Waals surface area (Å²) < 4.78 is 12.9. The van der Waals surface area contributed by atoms with Crippen molar-refractivity contribution < 1.29 is 9.18 Å². The summed E-state index contributed by atoms with van der Waals surface area (Å²) in [5.41, 5.74) is 1.90. The van der Waals surface area contributed by atoms with Gasteiger partial charge in [-0.2, -0.15) is 5.26 Å². The maximum absolute atomic E-state index is 12.9. The van der Waals surface area contributed by atoms with Gasteiger partial charge in [0.2, 0.25) is 5.78 Å². The Morgan fingerprint density at radius 1 is 1.14 bits per heavy atom. The minimum Gasteiger partial charge on any atom is -0.360 e. The van der Waals surface area contributed by atoms with Crippen LogP contribution in [0.2, 0.25) is 0 Å². The molecule has 0 spiro atoms. The molecule has 0 amide bonds. The van der Waals surface area contributed by atoms with Gasteiger partial charge in [-0.1, -0.05) is 30.3 Å². The summed E-state index contributed by atoms with van der Waals surface area (Å²) in [4.78, 5) is 15.5. The monoisotopic (exact) mass is 290 g/mol. The molecule has 2 aromatic carbocycles. The molecule has 0 fully saturated rings. The quantitative estimate of drug-likeness (QED) is 0.448. The van der Waals surface area contributed by atoms with Gasteiger partial charge in [-0.25, -0.2) is 4.39 Å². The highest BCUT2D eigenvalue weighted by Crippen LogP contribution is 2.21. The zero-order chi connectivity index (χ0) is 15.5. The average molecular weight is 290 g/mol. The zero-order valence-corrected chi connectivity index (χ0v) is 11.5. The van der Waals surface area contributed by atoms with Gasteiger partial charge in [-0.3, -0.25) is 4.79 Å². The minimum atomic E-state index is -0.362. The topological polar surface area (TPSA) is 56.6 Å². The largest absolute Gasteiger partial charge is 0.360 e. The molecule has 1 heterocycles. The van der Waals surface area contributed by atoms with Crippen molar-refractivity contribution in [3.8, 4) is 6.07 Å². The van der Waals surface area contributed by atoms with Gasteiger partial charge in [0.15, 0.2) is 0 Å². The number of rotatable bonds is 3. The molecule has 0 bridgehead atoms. The average Bonchev–Trinajstić information content (AvgIpc) is 2.98. The standard InChI is InChI=1S/C18H11FN2O/c19-14-7-5-12(6-8-14)9-13(10-20)18(22)16-11-21-17-4-2-1-3-15(16)17/h1-9,11,21H/b13-9+. The predicted molar refractivity (Wildman–Crippen MR) is 82.6 cm³/mol. The van der Waals surface area contributed by atoms with E-state index in [1.807, 2.05) is 30.3 Å². The number of aromatic nitrogens is 1. The van der Waals surface area contributed by atoms with Crippen LogP contribution in [-0.4, -0.2) is 10.8 Å². The number of nitrogens with zero attached hydrogens (tertiary/aromatic N) is 1. The molecule has 0 aliphatic carbocycles. The number of hydrogen-bond acceptors (Lipinski definition) is 2. The second-order valence-electron chi connectivity index (χ2n) is 4.80. The lowest BCUT2D eigenvalue weighted by atomic mass is 10.0. The number of allylic oxidation sites excluding steroid dienone is 1. The molecule has 106 valence electrons. The summed E-state index contributed by atoms with van der Waals surface area (Å²) in [5.74, 6) is -0.720. The van der Waals surface area contributed by atoms with Crippen molar-refractivity contribution >= 4 is 22.8 Å². The molecule has 4 heteroatoms. The molecule has 0 radical (unpaired) electrons. The van der Waals surface area contributed by atoms with Gasteiger partial charge in [0.05, 0.1) is 0 Å². The van der Waals surface area contributed by atoms with Gasteiger partial charge >= 0.3 is 0 Å². The number of aromatic amines is 1. The van der Waals surface area contributed by atoms with Crippen LogP contribution < -0.4 is 0 Å². The predicted octanol–water partition coefficient (Wildman–Crippen LogP) is 4.10. The maximum atomic E-state index is 12.9. The summed E-state index contributed by atoms with van der Waals surface area (Å²) >= 11 is 0. The van der Waals surface area contributed by atoms with Gasteiger partial charge < -0.3 is 4.98 Å². The molecule has 0 saturated heterocycles. The molecular formula is C18H11FN2O. The van der Waals surface area contributed by atoms with Crippen LogP contribution >= 0.6 is 0 Å². The number of para-hydroxylation sites is 1. The van der Waals surface area contributed by atoms with E-state index in [0.717, 1.165) is 10.9 Å². The fourth-order valence-corrected chi connectivity index (χ4v) is 2.28. The van der Waals surface area contributed by atoms with Crippen LogP contribution in [0.5, 0.6) is 0 Å². The lowest BCUT2D eigenvalue weighted by Crippen LogP contribution is -2.01. The Kier molecular flexibility index (Phi) is 3.55. The Labute approximate surface area is 126 Å². The van der Waals surface area contributed by atoms with E-state index in [0.29, 0.717) is 11.1 Å². The molecule has 22 heavy (non-hydrogen) atoms. The first-order chi connectivity index (χ1) is 10.7. The van der Waals surface area contributed by atoms with Crippen LogP contribution in [0.1, 0.15) is 15.9 Å². The van der Waals surface area contributed by atoms with Crippen molar-refractivity contribution in [2.75, 3.05) is 0 Å². The van der Waals surface area contributed by atoms with Crippen molar-refractivity contribution in [3.63, 3.8) is 0 Å². The van der Waals surface area contributed by atoms with Crippen LogP contribution in [0, 0.1) is 17.1 Å². The van der Waals surface area contributed by atoms with Crippen molar-refractivity contribution in [1.82, 2.24) is 4.98 Å². The van der Waals surface area contributed by atoms with Crippen molar-refractivity contribution in [2.45, 2.75) is 0 Å². The molecule has 3 nitrogen and oxygen atoms in total. The number of nitrogens with one attached hydrogen (secondary N) is 1. The summed E-state index contributed by atoms with van der Waals surface area (Å²) in [6.45, 7) is 0. The Morgan fingerprint density at radius 3 is 2.59 bits per heavy atom. The number of Topliss-reactive ketones (excluding diaryl/α,β-unsaturated/α-hetero) is 1. The Hall–Kier alpha value is -3.19. The summed E-state index contributed by atoms with van der Waals surface area (Å²) in [6.07, 6.45) is 3.06. The van der Waals surface area contributed by atoms with Crippen LogP contribution in [-0.2, 0) is 0 Å². The number of carbonyl (C=O) groups is 1. The number of H-pyrrole nitrogens is 1. The first kappa shape index (κ1) is 13.8. The Morgan fingerprint density at radius 2 is 1.86 bits per heavy atom. The van der Waals surface area contributed by atoms with Gasteiger partial charge in [0.1, 0.15) is 17.5 Å². The van der Waals surface area contributed by atoms with E-state index in [2.05, 4.69) is 4.98 Å². The van der Waals surface area contributed by atoms with Gasteiger partial charge in [0.25, 0.3) is 0 Å². The molecule has 0 aliphatic heterocycles. The third kappa shape index (κ3) is 2.52. The number of nitriles is 1. The highest BCUT2D eigenvalue weighted by molar-refractivity contribution is 6.19. The maximum Gasteiger partial charge on any atom is 0.205 e. The lowest BCUT2D eigenvalue weighted by molar-refractivity contribution is 0.104. The molecular weight excluding hydrogens is 279 g/mol. The van der Waals surface area contributed by atoms with Gasteiger partial charge in [-0.05, 0) is 29.8 Å². The normalized spacial score (nSPS) is 11.4. The van der Waals surface area contributed by atoms with Crippen LogP contribution in [0.3, 0.4) is 0 Å². The fraction of sp³-hybridized carbons (Fsp3) is 0. The van der Waals surface area contributed by atoms with Crippen LogP contribution in [0.4, 0.5) is 4.39 Å². The summed E-state index contributed by atoms with van der Waals surface area (Å²) in [7, 11) is 0. The van der Waals surface area contributed by atoms with E-state index < -0.39 is 0 Å². The highest BCUT2D eigenvalue weighted by atomic mass is 19.1. The first-order valence-corrected chi connectivity index (χ1v) is 6.67. The highest BCUT2D eigenvalue weighted by Gasteiger charge is 2.16. The molecule has 0 atom stereocenters. The molecule has 0 aliphatic rings. The number of halogens is 1. The number of benzene rings is 2. The van der Waals surface area contributed by atoms with E-state index >= 15 is 0 Å². The molecule has 3 rings (SSSR count). The van der Waals surface area contributed by atoms with E-state index in [-0.39, 0.29) is 17.2 Å². The number of hydrogen-bond donors (Lipinski definition) is 1. The van der Waals surface area contributed by atoms with Crippen LogP contribution in [0.15, 0.2) is 60.3 Å². The number of carbonyl (C=O) groups excluding carboxylic acids is 1. The minimum absolute atomic E-state index is 0.0105. The Balaban J connectivity index is 2.02. The van der Waals surface area contributed by atoms with Gasteiger partial charge in [-0.15, -0.1) is 0 Å². The van der Waals surface area contributed by atoms with Crippen LogP contribution in [0.25, 0.3) is 17.0 Å². The van der Waals surface area contributed by atoms with E-state index in [9.17, 15) is 14.4 Å². The molecule has 1 aromatic heterocycles. The SMILES string of the molecule is N#C/C(=C\c1ccc(F)cc1)C(=O)c1c[nH]c2ccccc12. The smallest absolute Gasteiger partial charge is 0.205 e. The Bertz CT molecular complexity index is 914. The third-order valence-electron chi connectivity index (χ3n) is 3.38. The fourth-order valence-electron chi connectivity index (χ4n) is 2.28. The van der Waals surface area contributed by atoms with E-state index in [4.69, 9.17) is 0 Å². The van der Waals surface area contributed by atoms with E-state index in [1.54, 1.807) is 6.20 Å². The van der Waals surface area contributed by atoms with Gasteiger partial charge in [0, 0.05) is 22.7 Å². The number of ketones is 1. The number of fused-ring (bicyclic) bond motifs is 1. The van der Waals surface area contributed by atoms with E-state index in [1.165, 1.54) is 30.3 Å². The second-order valence-corrected chi connectivity index (χ2v) is 4.80. The third-order valence-corrected chi connectivity index (χ3v) is 3.38. The van der Waals surface area contributed by atoms with Crippen molar-refractivity contribution in [3.05, 3.63) is 77.2 Å². The molecule has 0 unspecified atom stereocenters. The molecule has 0 saturated carbocycles. The zero-order valence-electron chi connectivity index (χ0n) is 11.5. The lowest BCUT2D eigenvalue weighted by Gasteiger charge is -1.99. The van der Waals surface area contributed by atoms with Crippen molar-refractivity contribution in [2.24, 2.45) is 0 Å². The molecule has 1 N–H and O–H groups in total. The second kappa shape index (κ2) is 5.66.